The van der Waals surface area contributed by atoms with Crippen molar-refractivity contribution < 1.29 is 0 Å². The van der Waals surface area contributed by atoms with Crippen molar-refractivity contribution in [1.29, 1.82) is 0 Å². The zero-order valence-electron chi connectivity index (χ0n) is 9.35. The first-order valence-electron chi connectivity index (χ1n) is 5.57. The maximum absolute atomic E-state index is 3.56. The minimum Gasteiger partial charge on any atom is -0.384 e. The van der Waals surface area contributed by atoms with Crippen LogP contribution in [0.2, 0.25) is 0 Å². The number of anilines is 1. The number of nitrogens with one attached hydrogen (secondary N) is 1. The maximum Gasteiger partial charge on any atom is 0.0409 e. The molecular formula is C13H19N. The van der Waals surface area contributed by atoms with Crippen LogP contribution in [0.3, 0.4) is 0 Å². The molecule has 0 fully saturated rings. The molecule has 1 heterocycles. The quantitative estimate of drug-likeness (QED) is 0.751. The van der Waals surface area contributed by atoms with Gasteiger partial charge in [-0.05, 0) is 30.9 Å². The second-order valence-electron chi connectivity index (χ2n) is 4.34. The van der Waals surface area contributed by atoms with Gasteiger partial charge in [0, 0.05) is 17.6 Å². The Kier molecular flexibility index (Phi) is 2.26. The van der Waals surface area contributed by atoms with Gasteiger partial charge < -0.3 is 5.32 Å². The first-order chi connectivity index (χ1) is 6.73. The van der Waals surface area contributed by atoms with E-state index >= 15 is 0 Å². The molecule has 1 N–H and O–H groups in total. The lowest BCUT2D eigenvalue weighted by molar-refractivity contribution is 0.437. The van der Waals surface area contributed by atoms with E-state index in [-0.39, 0.29) is 0 Å². The van der Waals surface area contributed by atoms with E-state index in [1.807, 2.05) is 0 Å². The zero-order chi connectivity index (χ0) is 10.2. The molecule has 0 atom stereocenters. The van der Waals surface area contributed by atoms with Gasteiger partial charge in [0.2, 0.25) is 0 Å². The minimum absolute atomic E-state index is 0.390. The van der Waals surface area contributed by atoms with Crippen LogP contribution in [0.1, 0.15) is 37.8 Å². The summed E-state index contributed by atoms with van der Waals surface area (Å²) in [4.78, 5) is 0. The number of aryl methyl sites for hydroxylation is 1. The van der Waals surface area contributed by atoms with Crippen LogP contribution in [0.5, 0.6) is 0 Å². The molecule has 0 aliphatic carbocycles. The van der Waals surface area contributed by atoms with Crippen molar-refractivity contribution in [1.82, 2.24) is 0 Å². The predicted octanol–water partition coefficient (Wildman–Crippen LogP) is 3.48. The van der Waals surface area contributed by atoms with Gasteiger partial charge in [0.1, 0.15) is 0 Å². The third kappa shape index (κ3) is 1.15. The van der Waals surface area contributed by atoms with E-state index in [1.54, 1.807) is 0 Å². The summed E-state index contributed by atoms with van der Waals surface area (Å²) in [6, 6.07) is 6.66. The zero-order valence-corrected chi connectivity index (χ0v) is 9.35. The van der Waals surface area contributed by atoms with E-state index in [9.17, 15) is 0 Å². The molecule has 0 aromatic heterocycles. The number of para-hydroxylation sites is 1. The van der Waals surface area contributed by atoms with Crippen LogP contribution < -0.4 is 5.32 Å². The third-order valence-corrected chi connectivity index (χ3v) is 3.80. The molecule has 2 rings (SSSR count). The third-order valence-electron chi connectivity index (χ3n) is 3.80. The first kappa shape index (κ1) is 9.57. The molecule has 0 unspecified atom stereocenters. The minimum atomic E-state index is 0.390. The Hall–Kier alpha value is -0.980. The smallest absolute Gasteiger partial charge is 0.0409 e. The average Bonchev–Trinajstić information content (AvgIpc) is 2.59. The summed E-state index contributed by atoms with van der Waals surface area (Å²) in [6.45, 7) is 7.89. The van der Waals surface area contributed by atoms with Crippen LogP contribution in [0.25, 0.3) is 0 Å². The van der Waals surface area contributed by atoms with Gasteiger partial charge in [-0.1, -0.05) is 32.0 Å². The van der Waals surface area contributed by atoms with Crippen molar-refractivity contribution in [3.63, 3.8) is 0 Å². The summed E-state index contributed by atoms with van der Waals surface area (Å²) >= 11 is 0. The van der Waals surface area contributed by atoms with Crippen molar-refractivity contribution >= 4 is 5.69 Å². The molecule has 1 aromatic carbocycles. The van der Waals surface area contributed by atoms with Crippen LogP contribution in [0, 0.1) is 6.92 Å². The largest absolute Gasteiger partial charge is 0.384 e. The maximum atomic E-state index is 3.56. The first-order valence-corrected chi connectivity index (χ1v) is 5.57. The van der Waals surface area contributed by atoms with E-state index < -0.39 is 0 Å². The Morgan fingerprint density at radius 2 is 2.00 bits per heavy atom. The van der Waals surface area contributed by atoms with Gasteiger partial charge in [0.15, 0.2) is 0 Å². The van der Waals surface area contributed by atoms with Crippen molar-refractivity contribution in [3.05, 3.63) is 29.3 Å². The predicted molar refractivity (Wildman–Crippen MR) is 61.9 cm³/mol. The summed E-state index contributed by atoms with van der Waals surface area (Å²) in [5, 5.41) is 3.56. The molecule has 14 heavy (non-hydrogen) atoms. The fraction of sp³-hybridized carbons (Fsp3) is 0.538. The molecule has 76 valence electrons. The summed E-state index contributed by atoms with van der Waals surface area (Å²) < 4.78 is 0. The summed E-state index contributed by atoms with van der Waals surface area (Å²) in [5.41, 5.74) is 4.69. The van der Waals surface area contributed by atoms with Crippen LogP contribution in [-0.2, 0) is 5.41 Å². The molecular weight excluding hydrogens is 170 g/mol. The molecule has 0 amide bonds. The second-order valence-corrected chi connectivity index (χ2v) is 4.34. The Morgan fingerprint density at radius 1 is 1.29 bits per heavy atom. The van der Waals surface area contributed by atoms with Crippen molar-refractivity contribution in [3.8, 4) is 0 Å². The lowest BCUT2D eigenvalue weighted by Gasteiger charge is -2.26. The second kappa shape index (κ2) is 3.30. The highest BCUT2D eigenvalue weighted by molar-refractivity contribution is 5.64. The number of hydrogen-bond acceptors (Lipinski definition) is 1. The van der Waals surface area contributed by atoms with Gasteiger partial charge >= 0.3 is 0 Å². The van der Waals surface area contributed by atoms with Gasteiger partial charge in [-0.3, -0.25) is 0 Å². The van der Waals surface area contributed by atoms with E-state index in [2.05, 4.69) is 44.3 Å². The number of hydrogen-bond donors (Lipinski definition) is 1. The Morgan fingerprint density at radius 3 is 2.64 bits per heavy atom. The number of benzene rings is 1. The van der Waals surface area contributed by atoms with E-state index in [4.69, 9.17) is 0 Å². The van der Waals surface area contributed by atoms with Gasteiger partial charge in [-0.2, -0.15) is 0 Å². The van der Waals surface area contributed by atoms with Crippen LogP contribution in [0.4, 0.5) is 5.69 Å². The van der Waals surface area contributed by atoms with Gasteiger partial charge in [-0.15, -0.1) is 0 Å². The lowest BCUT2D eigenvalue weighted by Crippen LogP contribution is -2.26. The summed E-state index contributed by atoms with van der Waals surface area (Å²) in [7, 11) is 0. The Balaban J connectivity index is 2.53. The van der Waals surface area contributed by atoms with Crippen molar-refractivity contribution in [2.75, 3.05) is 11.9 Å². The Labute approximate surface area is 86.5 Å². The summed E-state index contributed by atoms with van der Waals surface area (Å²) in [6.07, 6.45) is 2.46. The SMILES string of the molecule is CCC1(CC)CNc2c(C)cccc21. The number of fused-ring (bicyclic) bond motifs is 1. The van der Waals surface area contributed by atoms with E-state index in [0.717, 1.165) is 6.54 Å². The van der Waals surface area contributed by atoms with Crippen molar-refractivity contribution in [2.45, 2.75) is 39.0 Å². The monoisotopic (exact) mass is 189 g/mol. The fourth-order valence-electron chi connectivity index (χ4n) is 2.58. The molecule has 1 aliphatic rings. The molecule has 0 bridgehead atoms. The summed E-state index contributed by atoms with van der Waals surface area (Å²) in [5.74, 6) is 0. The van der Waals surface area contributed by atoms with Gasteiger partial charge in [0.05, 0.1) is 0 Å². The molecule has 1 nitrogen and oxygen atoms in total. The fourth-order valence-corrected chi connectivity index (χ4v) is 2.58. The highest BCUT2D eigenvalue weighted by atomic mass is 14.9. The molecule has 1 aliphatic heterocycles. The highest BCUT2D eigenvalue weighted by Gasteiger charge is 2.35. The molecule has 0 saturated heterocycles. The molecule has 0 spiro atoms. The number of rotatable bonds is 2. The Bertz CT molecular complexity index is 337. The van der Waals surface area contributed by atoms with Crippen molar-refractivity contribution in [2.24, 2.45) is 0 Å². The van der Waals surface area contributed by atoms with Crippen LogP contribution in [-0.4, -0.2) is 6.54 Å². The van der Waals surface area contributed by atoms with Crippen LogP contribution >= 0.6 is 0 Å². The average molecular weight is 189 g/mol. The highest BCUT2D eigenvalue weighted by Crippen LogP contribution is 2.42. The lowest BCUT2D eigenvalue weighted by atomic mass is 9.77. The molecule has 1 aromatic rings. The standard InChI is InChI=1S/C13H19N/c1-4-13(5-2)9-14-12-10(3)7-6-8-11(12)13/h6-8,14H,4-5,9H2,1-3H3. The normalized spacial score (nSPS) is 17.6. The van der Waals surface area contributed by atoms with E-state index in [1.165, 1.54) is 29.7 Å². The molecule has 1 heteroatoms. The van der Waals surface area contributed by atoms with E-state index in [0.29, 0.717) is 5.41 Å². The van der Waals surface area contributed by atoms with Crippen LogP contribution in [0.15, 0.2) is 18.2 Å². The van der Waals surface area contributed by atoms with Gasteiger partial charge in [0.25, 0.3) is 0 Å². The van der Waals surface area contributed by atoms with Gasteiger partial charge in [-0.25, -0.2) is 0 Å². The molecule has 0 saturated carbocycles. The molecule has 0 radical (unpaired) electrons. The topological polar surface area (TPSA) is 12.0 Å².